The summed E-state index contributed by atoms with van der Waals surface area (Å²) in [6.45, 7) is 0. The topological polar surface area (TPSA) is 55.8 Å². The van der Waals surface area contributed by atoms with E-state index < -0.39 is 11.1 Å². The van der Waals surface area contributed by atoms with Crippen molar-refractivity contribution in [2.24, 2.45) is 0 Å². The molecule has 0 amide bonds. The number of benzene rings is 1. The van der Waals surface area contributed by atoms with Crippen molar-refractivity contribution in [2.45, 2.75) is 4.90 Å². The standard InChI is InChI=1S/C8H9ClO4S/c1-12-6-4-3-5(9)7(13-2)8(6)14(10)11/h3-4H,1-2H3,(H,10,11). The van der Waals surface area contributed by atoms with Crippen molar-refractivity contribution in [1.29, 1.82) is 0 Å². The monoisotopic (exact) mass is 236 g/mol. The van der Waals surface area contributed by atoms with Gasteiger partial charge in [-0.3, -0.25) is 0 Å². The fraction of sp³-hybridized carbons (Fsp3) is 0.250. The molecule has 0 spiro atoms. The van der Waals surface area contributed by atoms with Crippen LogP contribution in [0.3, 0.4) is 0 Å². The third-order valence-electron chi connectivity index (χ3n) is 1.63. The van der Waals surface area contributed by atoms with E-state index in [-0.39, 0.29) is 21.4 Å². The first-order valence-corrected chi connectivity index (χ1v) is 5.11. The molecule has 1 unspecified atom stereocenters. The molecule has 6 heteroatoms. The van der Waals surface area contributed by atoms with Gasteiger partial charge in [0, 0.05) is 0 Å². The van der Waals surface area contributed by atoms with E-state index in [0.717, 1.165) is 0 Å². The van der Waals surface area contributed by atoms with Crippen molar-refractivity contribution >= 4 is 22.7 Å². The zero-order valence-electron chi connectivity index (χ0n) is 7.61. The van der Waals surface area contributed by atoms with Gasteiger partial charge in [-0.15, -0.1) is 0 Å². The van der Waals surface area contributed by atoms with Gasteiger partial charge in [0.1, 0.15) is 5.75 Å². The highest BCUT2D eigenvalue weighted by molar-refractivity contribution is 7.79. The predicted octanol–water partition coefficient (Wildman–Crippen LogP) is 1.94. The summed E-state index contributed by atoms with van der Waals surface area (Å²) >= 11 is 3.58. The van der Waals surface area contributed by atoms with Gasteiger partial charge in [0.15, 0.2) is 21.7 Å². The summed E-state index contributed by atoms with van der Waals surface area (Å²) < 4.78 is 29.9. The van der Waals surface area contributed by atoms with E-state index >= 15 is 0 Å². The minimum absolute atomic E-state index is 0.0440. The van der Waals surface area contributed by atoms with Crippen molar-refractivity contribution in [2.75, 3.05) is 14.2 Å². The molecule has 1 aromatic rings. The molecule has 1 N–H and O–H groups in total. The minimum atomic E-state index is -2.20. The number of ether oxygens (including phenoxy) is 2. The molecular weight excluding hydrogens is 228 g/mol. The van der Waals surface area contributed by atoms with Crippen molar-refractivity contribution in [3.63, 3.8) is 0 Å². The molecule has 1 aromatic carbocycles. The maximum Gasteiger partial charge on any atom is 0.194 e. The van der Waals surface area contributed by atoms with Crippen LogP contribution in [0.5, 0.6) is 11.5 Å². The van der Waals surface area contributed by atoms with Gasteiger partial charge in [-0.05, 0) is 12.1 Å². The van der Waals surface area contributed by atoms with E-state index in [0.29, 0.717) is 0 Å². The second-order valence-corrected chi connectivity index (χ2v) is 3.67. The van der Waals surface area contributed by atoms with Gasteiger partial charge in [-0.25, -0.2) is 4.21 Å². The number of halogens is 1. The van der Waals surface area contributed by atoms with E-state index in [4.69, 9.17) is 25.6 Å². The molecule has 1 rings (SSSR count). The van der Waals surface area contributed by atoms with Gasteiger partial charge in [0.25, 0.3) is 0 Å². The van der Waals surface area contributed by atoms with Crippen LogP contribution in [0, 0.1) is 0 Å². The number of methoxy groups -OCH3 is 2. The quantitative estimate of drug-likeness (QED) is 0.815. The van der Waals surface area contributed by atoms with Crippen LogP contribution in [0.1, 0.15) is 0 Å². The Balaban J connectivity index is 3.43. The molecule has 4 nitrogen and oxygen atoms in total. The lowest BCUT2D eigenvalue weighted by Gasteiger charge is -2.10. The number of rotatable bonds is 3. The average Bonchev–Trinajstić information content (AvgIpc) is 2.17. The summed E-state index contributed by atoms with van der Waals surface area (Å²) in [5.41, 5.74) is 0. The highest BCUT2D eigenvalue weighted by Gasteiger charge is 2.18. The second-order valence-electron chi connectivity index (χ2n) is 2.36. The normalized spacial score (nSPS) is 12.3. The Kier molecular flexibility index (Phi) is 3.74. The van der Waals surface area contributed by atoms with Crippen molar-refractivity contribution in [1.82, 2.24) is 0 Å². The fourth-order valence-electron chi connectivity index (χ4n) is 1.04. The summed E-state index contributed by atoms with van der Waals surface area (Å²) in [6, 6.07) is 3.05. The largest absolute Gasteiger partial charge is 0.495 e. The summed E-state index contributed by atoms with van der Waals surface area (Å²) in [5.74, 6) is 0.430. The van der Waals surface area contributed by atoms with Gasteiger partial charge in [0.2, 0.25) is 0 Å². The van der Waals surface area contributed by atoms with E-state index in [1.807, 2.05) is 0 Å². The Labute approximate surface area is 89.1 Å². The van der Waals surface area contributed by atoms with Crippen LogP contribution < -0.4 is 9.47 Å². The first-order valence-electron chi connectivity index (χ1n) is 3.63. The summed E-state index contributed by atoms with van der Waals surface area (Å²) in [4.78, 5) is 0.0440. The molecule has 0 aliphatic rings. The Morgan fingerprint density at radius 3 is 2.43 bits per heavy atom. The molecule has 14 heavy (non-hydrogen) atoms. The highest BCUT2D eigenvalue weighted by atomic mass is 35.5. The van der Waals surface area contributed by atoms with Gasteiger partial charge in [-0.2, -0.15) is 0 Å². The van der Waals surface area contributed by atoms with Crippen LogP contribution >= 0.6 is 11.6 Å². The molecule has 0 saturated carbocycles. The van der Waals surface area contributed by atoms with Crippen molar-refractivity contribution in [3.05, 3.63) is 17.2 Å². The molecule has 0 fully saturated rings. The first kappa shape index (κ1) is 11.3. The Morgan fingerprint density at radius 1 is 1.36 bits per heavy atom. The third-order valence-corrected chi connectivity index (χ3v) is 2.66. The Hall–Kier alpha value is -0.780. The van der Waals surface area contributed by atoms with Crippen LogP contribution in [0.4, 0.5) is 0 Å². The van der Waals surface area contributed by atoms with Crippen LogP contribution in [-0.4, -0.2) is 23.0 Å². The van der Waals surface area contributed by atoms with Crippen LogP contribution in [0.25, 0.3) is 0 Å². The number of hydrogen-bond acceptors (Lipinski definition) is 3. The van der Waals surface area contributed by atoms with Crippen LogP contribution in [0.15, 0.2) is 17.0 Å². The zero-order chi connectivity index (χ0) is 10.7. The lowest BCUT2D eigenvalue weighted by molar-refractivity contribution is 0.372. The SMILES string of the molecule is COc1ccc(Cl)c(OC)c1S(=O)O. The zero-order valence-corrected chi connectivity index (χ0v) is 9.19. The van der Waals surface area contributed by atoms with Gasteiger partial charge in [-0.1, -0.05) is 11.6 Å². The second kappa shape index (κ2) is 4.63. The molecule has 0 saturated heterocycles. The van der Waals surface area contributed by atoms with Crippen molar-refractivity contribution < 1.29 is 18.2 Å². The van der Waals surface area contributed by atoms with E-state index in [1.165, 1.54) is 26.4 Å². The average molecular weight is 237 g/mol. The lowest BCUT2D eigenvalue weighted by atomic mass is 10.3. The lowest BCUT2D eigenvalue weighted by Crippen LogP contribution is -1.99. The maximum atomic E-state index is 11.0. The Morgan fingerprint density at radius 2 is 2.00 bits per heavy atom. The fourth-order valence-corrected chi connectivity index (χ4v) is 2.00. The summed E-state index contributed by atoms with van der Waals surface area (Å²) in [6.07, 6.45) is 0. The first-order chi connectivity index (χ1) is 6.61. The highest BCUT2D eigenvalue weighted by Crippen LogP contribution is 2.37. The molecular formula is C8H9ClO4S. The van der Waals surface area contributed by atoms with Gasteiger partial charge in [0.05, 0.1) is 19.2 Å². The molecule has 0 aliphatic carbocycles. The number of hydrogen-bond donors (Lipinski definition) is 1. The van der Waals surface area contributed by atoms with Crippen LogP contribution in [-0.2, 0) is 11.1 Å². The van der Waals surface area contributed by atoms with Crippen LogP contribution in [0.2, 0.25) is 5.02 Å². The smallest absolute Gasteiger partial charge is 0.194 e. The summed E-state index contributed by atoms with van der Waals surface area (Å²) in [7, 11) is 2.77. The molecule has 1 atom stereocenters. The third kappa shape index (κ3) is 2.00. The molecule has 0 aliphatic heterocycles. The minimum Gasteiger partial charge on any atom is -0.495 e. The molecule has 78 valence electrons. The maximum absolute atomic E-state index is 11.0. The Bertz CT molecular complexity index is 367. The molecule has 0 aromatic heterocycles. The molecule has 0 heterocycles. The van der Waals surface area contributed by atoms with Crippen molar-refractivity contribution in [3.8, 4) is 11.5 Å². The van der Waals surface area contributed by atoms with Gasteiger partial charge >= 0.3 is 0 Å². The van der Waals surface area contributed by atoms with E-state index in [2.05, 4.69) is 0 Å². The van der Waals surface area contributed by atoms with E-state index in [1.54, 1.807) is 0 Å². The van der Waals surface area contributed by atoms with Gasteiger partial charge < -0.3 is 14.0 Å². The van der Waals surface area contributed by atoms with E-state index in [9.17, 15) is 4.21 Å². The predicted molar refractivity (Wildman–Crippen MR) is 53.6 cm³/mol. The molecule has 0 radical (unpaired) electrons. The molecule has 0 bridgehead atoms. The summed E-state index contributed by atoms with van der Waals surface area (Å²) in [5, 5.41) is 0.269.